The number of aryl methyl sites for hydroxylation is 1. The molecule has 9 heteroatoms. The molecule has 3 aromatic rings. The number of rotatable bonds is 6. The van der Waals surface area contributed by atoms with Crippen molar-refractivity contribution in [3.63, 3.8) is 0 Å². The zero-order valence-electron chi connectivity index (χ0n) is 18.1. The maximum atomic E-state index is 13.2. The van der Waals surface area contributed by atoms with Crippen molar-refractivity contribution in [1.82, 2.24) is 14.5 Å². The number of benzene rings is 2. The van der Waals surface area contributed by atoms with Crippen LogP contribution >= 0.6 is 0 Å². The van der Waals surface area contributed by atoms with Gasteiger partial charge in [-0.2, -0.15) is 9.40 Å². The number of methoxy groups -OCH3 is 1. The molecule has 1 amide bonds. The van der Waals surface area contributed by atoms with E-state index < -0.39 is 10.0 Å². The van der Waals surface area contributed by atoms with E-state index in [2.05, 4.69) is 15.5 Å². The van der Waals surface area contributed by atoms with E-state index in [4.69, 9.17) is 4.74 Å². The number of piperidine rings is 1. The van der Waals surface area contributed by atoms with Gasteiger partial charge in [-0.25, -0.2) is 8.42 Å². The van der Waals surface area contributed by atoms with Gasteiger partial charge in [0.15, 0.2) is 0 Å². The summed E-state index contributed by atoms with van der Waals surface area (Å²) >= 11 is 0. The fraction of sp³-hybridized carbons (Fsp3) is 0.304. The summed E-state index contributed by atoms with van der Waals surface area (Å²) < 4.78 is 33.3. The highest BCUT2D eigenvalue weighted by Gasteiger charge is 2.29. The molecule has 32 heavy (non-hydrogen) atoms. The number of sulfonamides is 1. The lowest BCUT2D eigenvalue weighted by atomic mass is 10.1. The molecule has 2 N–H and O–H groups in total. The molecule has 0 atom stereocenters. The molecule has 0 spiro atoms. The number of hydrogen-bond acceptors (Lipinski definition) is 5. The van der Waals surface area contributed by atoms with Crippen LogP contribution in [0, 0.1) is 6.92 Å². The molecule has 0 saturated carbocycles. The first-order chi connectivity index (χ1) is 15.4. The van der Waals surface area contributed by atoms with E-state index >= 15 is 0 Å². The quantitative estimate of drug-likeness (QED) is 0.589. The third-order valence-corrected chi connectivity index (χ3v) is 7.44. The number of nitrogens with zero attached hydrogens (tertiary/aromatic N) is 2. The third kappa shape index (κ3) is 4.53. The van der Waals surface area contributed by atoms with Gasteiger partial charge in [0.2, 0.25) is 10.0 Å². The lowest BCUT2D eigenvalue weighted by Gasteiger charge is -2.26. The van der Waals surface area contributed by atoms with Crippen molar-refractivity contribution in [2.24, 2.45) is 0 Å². The number of carbonyl (C=O) groups is 1. The minimum absolute atomic E-state index is 0.105. The van der Waals surface area contributed by atoms with Gasteiger partial charge in [0.05, 0.1) is 12.8 Å². The van der Waals surface area contributed by atoms with E-state index in [1.54, 1.807) is 24.3 Å². The molecule has 168 valence electrons. The summed E-state index contributed by atoms with van der Waals surface area (Å²) in [4.78, 5) is 12.7. The van der Waals surface area contributed by atoms with Gasteiger partial charge in [-0.05, 0) is 56.2 Å². The van der Waals surface area contributed by atoms with E-state index in [0.29, 0.717) is 30.0 Å². The van der Waals surface area contributed by atoms with E-state index in [0.717, 1.165) is 24.8 Å². The van der Waals surface area contributed by atoms with Crippen LogP contribution in [0.3, 0.4) is 0 Å². The highest BCUT2D eigenvalue weighted by Crippen LogP contribution is 2.32. The fourth-order valence-electron chi connectivity index (χ4n) is 3.70. The van der Waals surface area contributed by atoms with E-state index in [1.807, 2.05) is 31.2 Å². The average Bonchev–Trinajstić information content (AvgIpc) is 3.31. The Labute approximate surface area is 187 Å². The van der Waals surface area contributed by atoms with Crippen LogP contribution in [0.4, 0.5) is 5.69 Å². The summed E-state index contributed by atoms with van der Waals surface area (Å²) in [5, 5.41) is 9.77. The number of carbonyl (C=O) groups excluding carboxylic acids is 1. The molecule has 1 fully saturated rings. The summed E-state index contributed by atoms with van der Waals surface area (Å²) in [6.07, 6.45) is 2.73. The van der Waals surface area contributed by atoms with Gasteiger partial charge in [0, 0.05) is 24.3 Å². The van der Waals surface area contributed by atoms with Crippen molar-refractivity contribution < 1.29 is 17.9 Å². The second kappa shape index (κ2) is 9.13. The monoisotopic (exact) mass is 454 g/mol. The van der Waals surface area contributed by atoms with Gasteiger partial charge >= 0.3 is 0 Å². The van der Waals surface area contributed by atoms with Crippen LogP contribution in [0.15, 0.2) is 53.4 Å². The minimum atomic E-state index is -3.70. The molecule has 0 unspecified atom stereocenters. The summed E-state index contributed by atoms with van der Waals surface area (Å²) in [7, 11) is -2.25. The molecule has 1 aliphatic rings. The van der Waals surface area contributed by atoms with E-state index in [-0.39, 0.29) is 22.2 Å². The maximum Gasteiger partial charge on any atom is 0.273 e. The van der Waals surface area contributed by atoms with Crippen molar-refractivity contribution in [3.8, 4) is 17.0 Å². The zero-order valence-corrected chi connectivity index (χ0v) is 18.9. The van der Waals surface area contributed by atoms with Crippen molar-refractivity contribution in [2.45, 2.75) is 31.1 Å². The molecule has 0 aliphatic carbocycles. The highest BCUT2D eigenvalue weighted by molar-refractivity contribution is 7.89. The molecule has 2 heterocycles. The summed E-state index contributed by atoms with van der Waals surface area (Å²) in [5.41, 5.74) is 3.10. The second-order valence-electron chi connectivity index (χ2n) is 7.82. The van der Waals surface area contributed by atoms with Crippen molar-refractivity contribution >= 4 is 21.6 Å². The number of nitrogens with one attached hydrogen (secondary N) is 2. The topological polar surface area (TPSA) is 104 Å². The van der Waals surface area contributed by atoms with Gasteiger partial charge in [-0.3, -0.25) is 9.89 Å². The van der Waals surface area contributed by atoms with Crippen LogP contribution < -0.4 is 10.1 Å². The molecular weight excluding hydrogens is 428 g/mol. The number of anilines is 1. The molecule has 1 aromatic heterocycles. The van der Waals surface area contributed by atoms with Gasteiger partial charge in [-0.15, -0.1) is 0 Å². The van der Waals surface area contributed by atoms with E-state index in [1.165, 1.54) is 11.4 Å². The maximum absolute atomic E-state index is 13.2. The molecule has 0 bridgehead atoms. The van der Waals surface area contributed by atoms with Gasteiger partial charge in [-0.1, -0.05) is 24.1 Å². The Morgan fingerprint density at radius 3 is 2.47 bits per heavy atom. The Balaban J connectivity index is 1.60. The Kier molecular flexibility index (Phi) is 6.29. The second-order valence-corrected chi connectivity index (χ2v) is 9.72. The van der Waals surface area contributed by atoms with Crippen LogP contribution in [0.25, 0.3) is 11.3 Å². The predicted molar refractivity (Wildman–Crippen MR) is 122 cm³/mol. The standard InChI is InChI=1S/C23H26N4O4S/c1-16-6-9-18(10-7-16)24-23(28)20-15-19(25-26-20)17-8-11-21(31-2)22(14-17)32(29,30)27-12-4-3-5-13-27/h6-11,14-15H,3-5,12-13H2,1-2H3,(H,24,28)(H,25,26). The molecule has 1 aliphatic heterocycles. The number of amides is 1. The van der Waals surface area contributed by atoms with Gasteiger partial charge in [0.25, 0.3) is 5.91 Å². The first-order valence-electron chi connectivity index (χ1n) is 10.5. The predicted octanol–water partition coefficient (Wildman–Crippen LogP) is 3.82. The Hall–Kier alpha value is -3.17. The van der Waals surface area contributed by atoms with Crippen LogP contribution in [-0.2, 0) is 10.0 Å². The van der Waals surface area contributed by atoms with Crippen LogP contribution in [0.2, 0.25) is 0 Å². The van der Waals surface area contributed by atoms with E-state index in [9.17, 15) is 13.2 Å². The number of hydrogen-bond donors (Lipinski definition) is 2. The Bertz CT molecular complexity index is 1210. The number of aromatic nitrogens is 2. The average molecular weight is 455 g/mol. The SMILES string of the molecule is COc1ccc(-c2cc(C(=O)Nc3ccc(C)cc3)[nH]n2)cc1S(=O)(=O)N1CCCCC1. The largest absolute Gasteiger partial charge is 0.495 e. The van der Waals surface area contributed by atoms with Crippen molar-refractivity contribution in [2.75, 3.05) is 25.5 Å². The van der Waals surface area contributed by atoms with Crippen LogP contribution in [-0.4, -0.2) is 49.0 Å². The summed E-state index contributed by atoms with van der Waals surface area (Å²) in [5.74, 6) is -0.0468. The number of aromatic amines is 1. The van der Waals surface area contributed by atoms with Crippen molar-refractivity contribution in [3.05, 3.63) is 59.8 Å². The summed E-state index contributed by atoms with van der Waals surface area (Å²) in [6.45, 7) is 2.98. The molecule has 4 rings (SSSR count). The van der Waals surface area contributed by atoms with Crippen LogP contribution in [0.1, 0.15) is 35.3 Å². The normalized spacial score (nSPS) is 14.8. The zero-order chi connectivity index (χ0) is 22.7. The summed E-state index contributed by atoms with van der Waals surface area (Å²) in [6, 6.07) is 14.0. The first-order valence-corrected chi connectivity index (χ1v) is 11.9. The third-order valence-electron chi connectivity index (χ3n) is 5.52. The van der Waals surface area contributed by atoms with Crippen LogP contribution in [0.5, 0.6) is 5.75 Å². The lowest BCUT2D eigenvalue weighted by molar-refractivity contribution is 0.102. The molecule has 0 radical (unpaired) electrons. The lowest BCUT2D eigenvalue weighted by Crippen LogP contribution is -2.35. The first kappa shape index (κ1) is 22.0. The number of ether oxygens (including phenoxy) is 1. The molecule has 2 aromatic carbocycles. The Morgan fingerprint density at radius 1 is 1.06 bits per heavy atom. The molecular formula is C23H26N4O4S. The number of H-pyrrole nitrogens is 1. The van der Waals surface area contributed by atoms with Crippen molar-refractivity contribution in [1.29, 1.82) is 0 Å². The van der Waals surface area contributed by atoms with Gasteiger partial charge in [0.1, 0.15) is 16.3 Å². The van der Waals surface area contributed by atoms with Gasteiger partial charge < -0.3 is 10.1 Å². The fourth-order valence-corrected chi connectivity index (χ4v) is 5.40. The molecule has 8 nitrogen and oxygen atoms in total. The Morgan fingerprint density at radius 2 is 1.78 bits per heavy atom. The molecule has 1 saturated heterocycles. The minimum Gasteiger partial charge on any atom is -0.495 e. The highest BCUT2D eigenvalue weighted by atomic mass is 32.2. The smallest absolute Gasteiger partial charge is 0.273 e.